The maximum Gasteiger partial charge on any atom is 0.375 e. The zero-order valence-corrected chi connectivity index (χ0v) is 6.53. The minimum Gasteiger partial charge on any atom is -0.465 e. The van der Waals surface area contributed by atoms with Crippen molar-refractivity contribution in [3.05, 3.63) is 0 Å². The van der Waals surface area contributed by atoms with Crippen LogP contribution in [0.3, 0.4) is 0 Å². The van der Waals surface area contributed by atoms with Crippen molar-refractivity contribution in [1.29, 1.82) is 0 Å². The third kappa shape index (κ3) is 1.44. The number of hydrogen-bond donors (Lipinski definition) is 0. The van der Waals surface area contributed by atoms with Gasteiger partial charge in [-0.05, 0) is 0 Å². The van der Waals surface area contributed by atoms with E-state index in [1.807, 2.05) is 0 Å². The number of hydrogen-bond acceptors (Lipinski definition) is 5. The first kappa shape index (κ1) is 8.70. The Morgan fingerprint density at radius 2 is 2.25 bits per heavy atom. The molecule has 1 unspecified atom stereocenters. The summed E-state index contributed by atoms with van der Waals surface area (Å²) in [6.45, 7) is 0.201. The van der Waals surface area contributed by atoms with E-state index in [0.29, 0.717) is 0 Å². The van der Waals surface area contributed by atoms with E-state index in [-0.39, 0.29) is 13.0 Å². The van der Waals surface area contributed by atoms with Crippen LogP contribution in [0.4, 0.5) is 0 Å². The fourth-order valence-corrected chi connectivity index (χ4v) is 0.977. The Morgan fingerprint density at radius 3 is 2.67 bits per heavy atom. The number of cyclic esters (lactones) is 1. The molecule has 5 heteroatoms. The lowest BCUT2D eigenvalue weighted by atomic mass is 10.0. The van der Waals surface area contributed by atoms with Crippen molar-refractivity contribution in [3.63, 3.8) is 0 Å². The Bertz CT molecular complexity index is 232. The normalized spacial score (nSPS) is 21.8. The van der Waals surface area contributed by atoms with Gasteiger partial charge in [-0.25, -0.2) is 4.79 Å². The Labute approximate surface area is 68.6 Å². The van der Waals surface area contributed by atoms with Gasteiger partial charge in [0.05, 0.1) is 13.7 Å². The number of ether oxygens (including phenoxy) is 2. The lowest BCUT2D eigenvalue weighted by molar-refractivity contribution is -0.157. The van der Waals surface area contributed by atoms with E-state index in [1.165, 1.54) is 0 Å². The summed E-state index contributed by atoms with van der Waals surface area (Å²) in [5.41, 5.74) is 0. The molecule has 0 aromatic rings. The van der Waals surface area contributed by atoms with Crippen molar-refractivity contribution in [2.45, 2.75) is 6.42 Å². The number of rotatable bonds is 2. The summed E-state index contributed by atoms with van der Waals surface area (Å²) in [4.78, 5) is 32.5. The Kier molecular flexibility index (Phi) is 2.42. The topological polar surface area (TPSA) is 69.7 Å². The first-order chi connectivity index (χ1) is 5.66. The molecule has 12 heavy (non-hydrogen) atoms. The summed E-state index contributed by atoms with van der Waals surface area (Å²) in [5.74, 6) is -3.39. The highest BCUT2D eigenvalue weighted by Gasteiger charge is 2.37. The van der Waals surface area contributed by atoms with Crippen LogP contribution in [0.15, 0.2) is 0 Å². The van der Waals surface area contributed by atoms with Crippen molar-refractivity contribution in [3.8, 4) is 0 Å². The molecule has 0 bridgehead atoms. The average molecular weight is 172 g/mol. The molecule has 1 aliphatic heterocycles. The summed E-state index contributed by atoms with van der Waals surface area (Å²) >= 11 is 0. The second-order valence-corrected chi connectivity index (χ2v) is 2.36. The van der Waals surface area contributed by atoms with Crippen molar-refractivity contribution in [1.82, 2.24) is 0 Å². The highest BCUT2D eigenvalue weighted by molar-refractivity contribution is 6.38. The van der Waals surface area contributed by atoms with Crippen molar-refractivity contribution < 1.29 is 23.9 Å². The monoisotopic (exact) mass is 172 g/mol. The molecule has 0 saturated carbocycles. The predicted octanol–water partition coefficient (Wildman–Crippen LogP) is -0.708. The van der Waals surface area contributed by atoms with Gasteiger partial charge >= 0.3 is 11.9 Å². The van der Waals surface area contributed by atoms with Gasteiger partial charge < -0.3 is 9.47 Å². The molecule has 0 aromatic carbocycles. The largest absolute Gasteiger partial charge is 0.465 e. The smallest absolute Gasteiger partial charge is 0.375 e. The molecule has 0 spiro atoms. The maximum atomic E-state index is 11.0. The molecule has 66 valence electrons. The molecule has 1 aliphatic rings. The molecule has 1 saturated heterocycles. The highest BCUT2D eigenvalue weighted by Crippen LogP contribution is 2.15. The minimum atomic E-state index is -0.987. The fraction of sp³-hybridized carbons (Fsp3) is 0.571. The highest BCUT2D eigenvalue weighted by atomic mass is 16.5. The summed E-state index contributed by atoms with van der Waals surface area (Å²) in [5, 5.41) is 0. The summed E-state index contributed by atoms with van der Waals surface area (Å²) in [6, 6.07) is 0. The maximum absolute atomic E-state index is 11.0. The molecule has 0 aliphatic carbocycles. The number of methoxy groups -OCH3 is 1. The Hall–Kier alpha value is -1.39. The van der Waals surface area contributed by atoms with E-state index in [1.54, 1.807) is 0 Å². The fourth-order valence-electron chi connectivity index (χ4n) is 0.977. The summed E-state index contributed by atoms with van der Waals surface area (Å²) < 4.78 is 8.69. The van der Waals surface area contributed by atoms with E-state index in [2.05, 4.69) is 9.47 Å². The van der Waals surface area contributed by atoms with Gasteiger partial charge in [0.1, 0.15) is 5.92 Å². The lowest BCUT2D eigenvalue weighted by Crippen LogP contribution is -2.27. The quantitative estimate of drug-likeness (QED) is 0.312. The van der Waals surface area contributed by atoms with Gasteiger partial charge in [-0.15, -0.1) is 0 Å². The molecule has 0 N–H and O–H groups in total. The van der Waals surface area contributed by atoms with Gasteiger partial charge in [0, 0.05) is 6.42 Å². The lowest BCUT2D eigenvalue weighted by Gasteiger charge is -2.00. The summed E-state index contributed by atoms with van der Waals surface area (Å²) in [6.07, 6.45) is 0.271. The number of esters is 2. The van der Waals surface area contributed by atoms with Crippen LogP contribution in [0.2, 0.25) is 0 Å². The van der Waals surface area contributed by atoms with Crippen LogP contribution in [-0.2, 0) is 23.9 Å². The van der Waals surface area contributed by atoms with E-state index in [9.17, 15) is 14.4 Å². The van der Waals surface area contributed by atoms with Gasteiger partial charge in [-0.3, -0.25) is 9.59 Å². The van der Waals surface area contributed by atoms with Gasteiger partial charge in [0.15, 0.2) is 0 Å². The summed E-state index contributed by atoms with van der Waals surface area (Å²) in [7, 11) is 1.10. The van der Waals surface area contributed by atoms with Crippen molar-refractivity contribution in [2.24, 2.45) is 5.92 Å². The zero-order chi connectivity index (χ0) is 9.14. The van der Waals surface area contributed by atoms with E-state index < -0.39 is 23.6 Å². The first-order valence-electron chi connectivity index (χ1n) is 3.45. The molecular weight excluding hydrogens is 164 g/mol. The van der Waals surface area contributed by atoms with Crippen molar-refractivity contribution in [2.75, 3.05) is 13.7 Å². The van der Waals surface area contributed by atoms with Crippen LogP contribution >= 0.6 is 0 Å². The van der Waals surface area contributed by atoms with Crippen LogP contribution < -0.4 is 0 Å². The van der Waals surface area contributed by atoms with E-state index >= 15 is 0 Å². The van der Waals surface area contributed by atoms with Gasteiger partial charge in [0.2, 0.25) is 0 Å². The Balaban J connectivity index is 2.63. The first-order valence-corrected chi connectivity index (χ1v) is 3.45. The third-order valence-corrected chi connectivity index (χ3v) is 1.64. The molecule has 5 nitrogen and oxygen atoms in total. The van der Waals surface area contributed by atoms with Gasteiger partial charge in [-0.2, -0.15) is 0 Å². The molecule has 0 radical (unpaired) electrons. The molecule has 0 aromatic heterocycles. The second-order valence-electron chi connectivity index (χ2n) is 2.36. The van der Waals surface area contributed by atoms with Gasteiger partial charge in [-0.1, -0.05) is 0 Å². The van der Waals surface area contributed by atoms with E-state index in [0.717, 1.165) is 7.11 Å². The van der Waals surface area contributed by atoms with E-state index in [4.69, 9.17) is 0 Å². The number of carbonyl (C=O) groups excluding carboxylic acids is 3. The molecule has 0 amide bonds. The van der Waals surface area contributed by atoms with Crippen molar-refractivity contribution >= 4 is 17.7 Å². The molecule has 1 atom stereocenters. The van der Waals surface area contributed by atoms with Crippen LogP contribution in [-0.4, -0.2) is 31.4 Å². The molecule has 1 heterocycles. The van der Waals surface area contributed by atoms with Gasteiger partial charge in [0.25, 0.3) is 5.78 Å². The predicted molar refractivity (Wildman–Crippen MR) is 36.1 cm³/mol. The Morgan fingerprint density at radius 1 is 1.58 bits per heavy atom. The number of ketones is 1. The molecule has 1 rings (SSSR count). The SMILES string of the molecule is COC(=O)C(=O)C1CCOC1=O. The van der Waals surface area contributed by atoms with Crippen LogP contribution in [0.5, 0.6) is 0 Å². The standard InChI is InChI=1S/C7H8O5/c1-11-7(10)5(8)4-2-3-12-6(4)9/h4H,2-3H2,1H3. The second kappa shape index (κ2) is 3.34. The zero-order valence-electron chi connectivity index (χ0n) is 6.53. The van der Waals surface area contributed by atoms with Crippen LogP contribution in [0.25, 0.3) is 0 Å². The number of carbonyl (C=O) groups is 3. The van der Waals surface area contributed by atoms with Crippen LogP contribution in [0.1, 0.15) is 6.42 Å². The number of Topliss-reactive ketones (excluding diaryl/α,β-unsaturated/α-hetero) is 1. The van der Waals surface area contributed by atoms with Crippen LogP contribution in [0, 0.1) is 5.92 Å². The minimum absolute atomic E-state index is 0.201. The molecule has 1 fully saturated rings. The molecular formula is C7H8O5. The third-order valence-electron chi connectivity index (χ3n) is 1.64. The average Bonchev–Trinajstić information content (AvgIpc) is 2.48.